The number of nitrogens with one attached hydrogen (secondary N) is 3. The van der Waals surface area contributed by atoms with E-state index in [9.17, 15) is 19.5 Å². The SMILES string of the molecule is COC(=O)NNC(=O)[C@@H](O)CCNC(=O)OCc1ccccc1. The van der Waals surface area contributed by atoms with Crippen LogP contribution in [-0.4, -0.2) is 43.0 Å². The first-order valence-corrected chi connectivity index (χ1v) is 6.79. The average molecular weight is 325 g/mol. The summed E-state index contributed by atoms with van der Waals surface area (Å²) in [6.07, 6.45) is -2.97. The number of hydrazine groups is 1. The van der Waals surface area contributed by atoms with Gasteiger partial charge in [-0.15, -0.1) is 0 Å². The number of hydrogen-bond donors (Lipinski definition) is 4. The highest BCUT2D eigenvalue weighted by atomic mass is 16.5. The predicted molar refractivity (Wildman–Crippen MR) is 78.9 cm³/mol. The van der Waals surface area contributed by atoms with Crippen molar-refractivity contribution in [1.29, 1.82) is 0 Å². The zero-order valence-electron chi connectivity index (χ0n) is 12.6. The summed E-state index contributed by atoms with van der Waals surface area (Å²) in [5.74, 6) is -0.824. The number of ether oxygens (including phenoxy) is 2. The monoisotopic (exact) mass is 325 g/mol. The normalized spacial score (nSPS) is 11.0. The quantitative estimate of drug-likeness (QED) is 0.548. The lowest BCUT2D eigenvalue weighted by Gasteiger charge is -2.12. The number of rotatable bonds is 6. The van der Waals surface area contributed by atoms with Crippen molar-refractivity contribution >= 4 is 18.1 Å². The maximum Gasteiger partial charge on any atom is 0.425 e. The number of carbonyl (C=O) groups excluding carboxylic acids is 3. The van der Waals surface area contributed by atoms with E-state index in [1.54, 1.807) is 0 Å². The lowest BCUT2D eigenvalue weighted by molar-refractivity contribution is -0.130. The molecule has 0 unspecified atom stereocenters. The Balaban J connectivity index is 2.16. The summed E-state index contributed by atoms with van der Waals surface area (Å²) in [5.41, 5.74) is 4.72. The zero-order chi connectivity index (χ0) is 17.1. The zero-order valence-corrected chi connectivity index (χ0v) is 12.6. The maximum atomic E-state index is 11.4. The summed E-state index contributed by atoms with van der Waals surface area (Å²) in [6, 6.07) is 9.14. The lowest BCUT2D eigenvalue weighted by Crippen LogP contribution is -2.47. The number of aliphatic hydroxyl groups is 1. The number of methoxy groups -OCH3 is 1. The van der Waals surface area contributed by atoms with Gasteiger partial charge in [-0.25, -0.2) is 15.0 Å². The van der Waals surface area contributed by atoms with Gasteiger partial charge >= 0.3 is 12.2 Å². The van der Waals surface area contributed by atoms with Crippen molar-refractivity contribution in [2.45, 2.75) is 19.1 Å². The standard InChI is InChI=1S/C14H19N3O6/c1-22-14(21)17-16-12(19)11(18)7-8-15-13(20)23-9-10-5-3-2-4-6-10/h2-6,11,18H,7-9H2,1H3,(H,15,20)(H,16,19)(H,17,21)/t11-/m0/s1. The first kappa shape index (κ1) is 18.2. The van der Waals surface area contributed by atoms with Crippen molar-refractivity contribution < 1.29 is 29.0 Å². The Morgan fingerprint density at radius 2 is 1.83 bits per heavy atom. The summed E-state index contributed by atoms with van der Waals surface area (Å²) in [4.78, 5) is 33.5. The second-order valence-electron chi connectivity index (χ2n) is 4.40. The number of amides is 3. The molecule has 0 aliphatic rings. The molecule has 0 heterocycles. The largest absolute Gasteiger partial charge is 0.452 e. The van der Waals surface area contributed by atoms with Gasteiger partial charge in [0.2, 0.25) is 0 Å². The van der Waals surface area contributed by atoms with E-state index in [1.807, 2.05) is 41.2 Å². The Kier molecular flexibility index (Phi) is 7.94. The number of benzene rings is 1. The van der Waals surface area contributed by atoms with E-state index in [0.29, 0.717) is 0 Å². The van der Waals surface area contributed by atoms with Crippen LogP contribution >= 0.6 is 0 Å². The van der Waals surface area contributed by atoms with Gasteiger partial charge in [-0.3, -0.25) is 10.2 Å². The lowest BCUT2D eigenvalue weighted by atomic mass is 10.2. The smallest absolute Gasteiger partial charge is 0.425 e. The van der Waals surface area contributed by atoms with Crippen LogP contribution in [-0.2, 0) is 20.9 Å². The van der Waals surface area contributed by atoms with Crippen molar-refractivity contribution in [1.82, 2.24) is 16.2 Å². The van der Waals surface area contributed by atoms with Gasteiger partial charge in [0, 0.05) is 6.54 Å². The first-order chi connectivity index (χ1) is 11.0. The van der Waals surface area contributed by atoms with Gasteiger partial charge in [0.1, 0.15) is 12.7 Å². The van der Waals surface area contributed by atoms with Crippen LogP contribution in [0.2, 0.25) is 0 Å². The fourth-order valence-electron chi connectivity index (χ4n) is 1.46. The molecule has 0 bridgehead atoms. The van der Waals surface area contributed by atoms with Crippen LogP contribution in [0, 0.1) is 0 Å². The Bertz CT molecular complexity index is 523. The van der Waals surface area contributed by atoms with Gasteiger partial charge in [-0.05, 0) is 12.0 Å². The molecule has 9 heteroatoms. The molecule has 0 saturated carbocycles. The molecule has 0 saturated heterocycles. The van der Waals surface area contributed by atoms with E-state index in [2.05, 4.69) is 10.1 Å². The summed E-state index contributed by atoms with van der Waals surface area (Å²) in [5, 5.41) is 11.9. The molecule has 9 nitrogen and oxygen atoms in total. The molecule has 126 valence electrons. The molecule has 0 radical (unpaired) electrons. The van der Waals surface area contributed by atoms with Crippen molar-refractivity contribution in [3.8, 4) is 0 Å². The fraction of sp³-hybridized carbons (Fsp3) is 0.357. The molecule has 1 atom stereocenters. The van der Waals surface area contributed by atoms with E-state index < -0.39 is 24.2 Å². The molecule has 0 aromatic heterocycles. The van der Waals surface area contributed by atoms with E-state index in [0.717, 1.165) is 12.7 Å². The topological polar surface area (TPSA) is 126 Å². The van der Waals surface area contributed by atoms with E-state index in [-0.39, 0.29) is 19.6 Å². The van der Waals surface area contributed by atoms with Crippen LogP contribution in [0.5, 0.6) is 0 Å². The average Bonchev–Trinajstić information content (AvgIpc) is 2.58. The van der Waals surface area contributed by atoms with Crippen LogP contribution in [0.1, 0.15) is 12.0 Å². The van der Waals surface area contributed by atoms with Crippen LogP contribution in [0.15, 0.2) is 30.3 Å². The van der Waals surface area contributed by atoms with Gasteiger partial charge in [-0.1, -0.05) is 30.3 Å². The van der Waals surface area contributed by atoms with Crippen molar-refractivity contribution in [3.05, 3.63) is 35.9 Å². The van der Waals surface area contributed by atoms with E-state index >= 15 is 0 Å². The molecular weight excluding hydrogens is 306 g/mol. The third-order valence-electron chi connectivity index (χ3n) is 2.68. The molecule has 0 fully saturated rings. The molecule has 3 amide bonds. The van der Waals surface area contributed by atoms with E-state index in [4.69, 9.17) is 4.74 Å². The minimum absolute atomic E-state index is 0.0282. The molecule has 1 rings (SSSR count). The molecule has 0 aliphatic carbocycles. The molecule has 1 aromatic rings. The highest BCUT2D eigenvalue weighted by Gasteiger charge is 2.16. The Morgan fingerprint density at radius 3 is 2.48 bits per heavy atom. The molecule has 0 aliphatic heterocycles. The van der Waals surface area contributed by atoms with Crippen LogP contribution in [0.25, 0.3) is 0 Å². The fourth-order valence-corrected chi connectivity index (χ4v) is 1.46. The third kappa shape index (κ3) is 7.67. The van der Waals surface area contributed by atoms with Gasteiger partial charge in [-0.2, -0.15) is 0 Å². The molecule has 23 heavy (non-hydrogen) atoms. The third-order valence-corrected chi connectivity index (χ3v) is 2.68. The second-order valence-corrected chi connectivity index (χ2v) is 4.40. The predicted octanol–water partition coefficient (Wildman–Crippen LogP) is 0.0510. The summed E-state index contributed by atoms with van der Waals surface area (Å²) in [7, 11) is 1.13. The van der Waals surface area contributed by atoms with Crippen LogP contribution in [0.4, 0.5) is 9.59 Å². The molecule has 4 N–H and O–H groups in total. The molecular formula is C14H19N3O6. The summed E-state index contributed by atoms with van der Waals surface area (Å²) >= 11 is 0. The number of aliphatic hydroxyl groups excluding tert-OH is 1. The minimum Gasteiger partial charge on any atom is -0.452 e. The van der Waals surface area contributed by atoms with Crippen LogP contribution < -0.4 is 16.2 Å². The number of hydrogen-bond acceptors (Lipinski definition) is 6. The number of carbonyl (C=O) groups is 3. The van der Waals surface area contributed by atoms with Crippen molar-refractivity contribution in [3.63, 3.8) is 0 Å². The molecule has 0 spiro atoms. The van der Waals surface area contributed by atoms with Gasteiger partial charge in [0.05, 0.1) is 7.11 Å². The first-order valence-electron chi connectivity index (χ1n) is 6.79. The highest BCUT2D eigenvalue weighted by Crippen LogP contribution is 2.00. The Hall–Kier alpha value is -2.81. The van der Waals surface area contributed by atoms with Gasteiger partial charge in [0.25, 0.3) is 5.91 Å². The van der Waals surface area contributed by atoms with Crippen molar-refractivity contribution in [2.24, 2.45) is 0 Å². The summed E-state index contributed by atoms with van der Waals surface area (Å²) < 4.78 is 9.19. The second kappa shape index (κ2) is 10.0. The van der Waals surface area contributed by atoms with Crippen LogP contribution in [0.3, 0.4) is 0 Å². The van der Waals surface area contributed by atoms with Crippen molar-refractivity contribution in [2.75, 3.05) is 13.7 Å². The summed E-state index contributed by atoms with van der Waals surface area (Å²) in [6.45, 7) is 0.152. The molecule has 1 aromatic carbocycles. The minimum atomic E-state index is -1.40. The number of alkyl carbamates (subject to hydrolysis) is 1. The van der Waals surface area contributed by atoms with Gasteiger partial charge < -0.3 is 19.9 Å². The maximum absolute atomic E-state index is 11.4. The van der Waals surface area contributed by atoms with Gasteiger partial charge in [0.15, 0.2) is 0 Å². The Morgan fingerprint density at radius 1 is 1.13 bits per heavy atom. The highest BCUT2D eigenvalue weighted by molar-refractivity contribution is 5.82. The van der Waals surface area contributed by atoms with E-state index in [1.165, 1.54) is 0 Å². The Labute approximate surface area is 132 Å².